The van der Waals surface area contributed by atoms with E-state index in [1.165, 1.54) is 18.2 Å². The summed E-state index contributed by atoms with van der Waals surface area (Å²) in [5, 5.41) is -0.314. The van der Waals surface area contributed by atoms with Crippen LogP contribution in [0.25, 0.3) is 11.3 Å². The van der Waals surface area contributed by atoms with Crippen LogP contribution >= 0.6 is 11.6 Å². The topological polar surface area (TPSA) is 77.8 Å². The van der Waals surface area contributed by atoms with Crippen molar-refractivity contribution in [2.24, 2.45) is 0 Å². The Bertz CT molecular complexity index is 608. The summed E-state index contributed by atoms with van der Waals surface area (Å²) in [6.07, 6.45) is -4.02. The van der Waals surface area contributed by atoms with Gasteiger partial charge >= 0.3 is 6.18 Å². The van der Waals surface area contributed by atoms with Crippen molar-refractivity contribution in [3.63, 3.8) is 0 Å². The molecule has 2 rings (SSSR count). The summed E-state index contributed by atoms with van der Waals surface area (Å²) in [5.41, 5.74) is 10.0. The first-order chi connectivity index (χ1) is 8.80. The van der Waals surface area contributed by atoms with Crippen LogP contribution in [-0.2, 0) is 6.18 Å². The lowest BCUT2D eigenvalue weighted by atomic mass is 10.0. The number of hydrogen-bond acceptors (Lipinski definition) is 4. The van der Waals surface area contributed by atoms with Gasteiger partial charge in [-0.05, 0) is 23.7 Å². The van der Waals surface area contributed by atoms with E-state index in [-0.39, 0.29) is 22.2 Å². The molecule has 4 N–H and O–H groups in total. The lowest BCUT2D eigenvalue weighted by molar-refractivity contribution is -0.137. The lowest BCUT2D eigenvalue weighted by Gasteiger charge is -2.14. The van der Waals surface area contributed by atoms with Crippen molar-refractivity contribution >= 4 is 23.0 Å². The van der Waals surface area contributed by atoms with Crippen molar-refractivity contribution < 1.29 is 13.2 Å². The van der Waals surface area contributed by atoms with Crippen molar-refractivity contribution in [3.8, 4) is 11.3 Å². The van der Waals surface area contributed by atoms with E-state index < -0.39 is 17.4 Å². The van der Waals surface area contributed by atoms with Crippen LogP contribution in [0.3, 0.4) is 0 Å². The third kappa shape index (κ3) is 2.55. The Morgan fingerprint density at radius 1 is 1.11 bits per heavy atom. The van der Waals surface area contributed by atoms with E-state index in [0.29, 0.717) is 6.20 Å². The zero-order chi connectivity index (χ0) is 14.2. The number of nitrogens with zero attached hydrogens (tertiary/aromatic N) is 2. The molecule has 1 aromatic carbocycles. The van der Waals surface area contributed by atoms with Crippen molar-refractivity contribution in [3.05, 3.63) is 35.2 Å². The normalized spacial score (nSPS) is 11.6. The average molecular weight is 289 g/mol. The number of hydrogen-bond donors (Lipinski definition) is 2. The molecule has 4 nitrogen and oxygen atoms in total. The monoisotopic (exact) mass is 288 g/mol. The number of rotatable bonds is 1. The van der Waals surface area contributed by atoms with Gasteiger partial charge in [0.05, 0.1) is 5.69 Å². The Kier molecular flexibility index (Phi) is 3.23. The molecule has 0 radical (unpaired) electrons. The van der Waals surface area contributed by atoms with Crippen LogP contribution < -0.4 is 11.5 Å². The van der Waals surface area contributed by atoms with Gasteiger partial charge in [0.15, 0.2) is 0 Å². The van der Waals surface area contributed by atoms with Gasteiger partial charge in [-0.1, -0.05) is 6.07 Å². The smallest absolute Gasteiger partial charge is 0.398 e. The average Bonchev–Trinajstić information content (AvgIpc) is 2.27. The van der Waals surface area contributed by atoms with Gasteiger partial charge in [-0.3, -0.25) is 0 Å². The highest BCUT2D eigenvalue weighted by Gasteiger charge is 2.36. The van der Waals surface area contributed by atoms with Crippen LogP contribution in [0.1, 0.15) is 5.56 Å². The van der Waals surface area contributed by atoms with E-state index >= 15 is 0 Å². The first kappa shape index (κ1) is 13.4. The molecule has 100 valence electrons. The third-order valence-corrected chi connectivity index (χ3v) is 2.61. The number of nitrogen functional groups attached to an aromatic ring is 2. The summed E-state index contributed by atoms with van der Waals surface area (Å²) in [4.78, 5) is 6.95. The van der Waals surface area contributed by atoms with E-state index in [0.717, 1.165) is 0 Å². The second-order valence-electron chi connectivity index (χ2n) is 3.71. The predicted octanol–water partition coefficient (Wildman–Crippen LogP) is 2.98. The van der Waals surface area contributed by atoms with Crippen molar-refractivity contribution in [2.45, 2.75) is 6.18 Å². The maximum Gasteiger partial charge on any atom is 0.419 e. The summed E-state index contributed by atoms with van der Waals surface area (Å²) in [6, 6.07) is 4.40. The molecule has 19 heavy (non-hydrogen) atoms. The molecule has 0 aliphatic rings. The van der Waals surface area contributed by atoms with Crippen LogP contribution in [0.5, 0.6) is 0 Å². The van der Waals surface area contributed by atoms with Crippen LogP contribution in [0.15, 0.2) is 24.4 Å². The number of alkyl halides is 3. The minimum Gasteiger partial charge on any atom is -0.398 e. The SMILES string of the molecule is Nc1cccc(N)c1-c1nc(Cl)ncc1C(F)(F)F. The number of aromatic nitrogens is 2. The minimum absolute atomic E-state index is 0.000810. The van der Waals surface area contributed by atoms with Gasteiger partial charge in [-0.15, -0.1) is 0 Å². The number of benzene rings is 1. The van der Waals surface area contributed by atoms with E-state index in [1.54, 1.807) is 0 Å². The summed E-state index contributed by atoms with van der Waals surface area (Å²) in [5.74, 6) is 0. The van der Waals surface area contributed by atoms with Crippen molar-refractivity contribution in [2.75, 3.05) is 11.5 Å². The van der Waals surface area contributed by atoms with Gasteiger partial charge in [-0.2, -0.15) is 13.2 Å². The van der Waals surface area contributed by atoms with Gasteiger partial charge in [0.2, 0.25) is 5.28 Å². The Morgan fingerprint density at radius 3 is 2.21 bits per heavy atom. The second-order valence-corrected chi connectivity index (χ2v) is 4.05. The zero-order valence-corrected chi connectivity index (χ0v) is 10.1. The molecule has 8 heteroatoms. The standard InChI is InChI=1S/C11H8ClF3N4/c12-10-18-4-5(11(13,14)15)9(19-10)8-6(16)2-1-3-7(8)17/h1-4H,16-17H2. The molecule has 0 bridgehead atoms. The summed E-state index contributed by atoms with van der Waals surface area (Å²) in [6.45, 7) is 0. The highest BCUT2D eigenvalue weighted by atomic mass is 35.5. The van der Waals surface area contributed by atoms with Gasteiger partial charge in [0, 0.05) is 23.1 Å². The van der Waals surface area contributed by atoms with Crippen molar-refractivity contribution in [1.82, 2.24) is 9.97 Å². The molecule has 2 aromatic rings. The molecule has 0 saturated heterocycles. The number of nitrogens with two attached hydrogens (primary N) is 2. The molecule has 1 heterocycles. The third-order valence-electron chi connectivity index (χ3n) is 2.43. The Balaban J connectivity index is 2.78. The zero-order valence-electron chi connectivity index (χ0n) is 9.37. The molecule has 0 atom stereocenters. The van der Waals surface area contributed by atoms with Gasteiger partial charge in [0.25, 0.3) is 0 Å². The van der Waals surface area contributed by atoms with Crippen LogP contribution in [-0.4, -0.2) is 9.97 Å². The number of anilines is 2. The molecule has 0 spiro atoms. The molecule has 0 aliphatic heterocycles. The maximum absolute atomic E-state index is 12.9. The van der Waals surface area contributed by atoms with E-state index in [9.17, 15) is 13.2 Å². The molecule has 1 aromatic heterocycles. The molecule has 0 unspecified atom stereocenters. The fourth-order valence-corrected chi connectivity index (χ4v) is 1.75. The molecular weight excluding hydrogens is 281 g/mol. The lowest BCUT2D eigenvalue weighted by Crippen LogP contribution is -2.11. The summed E-state index contributed by atoms with van der Waals surface area (Å²) < 4.78 is 38.8. The van der Waals surface area contributed by atoms with Gasteiger partial charge in [0.1, 0.15) is 5.56 Å². The van der Waals surface area contributed by atoms with Crippen LogP contribution in [0.4, 0.5) is 24.5 Å². The van der Waals surface area contributed by atoms with E-state index in [1.807, 2.05) is 0 Å². The summed E-state index contributed by atoms with van der Waals surface area (Å²) >= 11 is 5.55. The summed E-state index contributed by atoms with van der Waals surface area (Å²) in [7, 11) is 0. The number of halogens is 4. The highest BCUT2D eigenvalue weighted by molar-refractivity contribution is 6.28. The Morgan fingerprint density at radius 2 is 1.68 bits per heavy atom. The highest BCUT2D eigenvalue weighted by Crippen LogP contribution is 2.40. The van der Waals surface area contributed by atoms with Crippen LogP contribution in [0.2, 0.25) is 5.28 Å². The molecular formula is C11H8ClF3N4. The van der Waals surface area contributed by atoms with E-state index in [4.69, 9.17) is 23.1 Å². The van der Waals surface area contributed by atoms with Gasteiger partial charge < -0.3 is 11.5 Å². The minimum atomic E-state index is -4.63. The van der Waals surface area contributed by atoms with Gasteiger partial charge in [-0.25, -0.2) is 9.97 Å². The predicted molar refractivity (Wildman–Crippen MR) is 66.3 cm³/mol. The maximum atomic E-state index is 12.9. The molecule has 0 fully saturated rings. The fraction of sp³-hybridized carbons (Fsp3) is 0.0909. The fourth-order valence-electron chi connectivity index (χ4n) is 1.62. The Labute approximate surface area is 111 Å². The Hall–Kier alpha value is -2.02. The first-order valence-corrected chi connectivity index (χ1v) is 5.42. The van der Waals surface area contributed by atoms with Crippen LogP contribution in [0, 0.1) is 0 Å². The first-order valence-electron chi connectivity index (χ1n) is 5.04. The molecule has 0 saturated carbocycles. The quantitative estimate of drug-likeness (QED) is 0.624. The van der Waals surface area contributed by atoms with Crippen molar-refractivity contribution in [1.29, 1.82) is 0 Å². The largest absolute Gasteiger partial charge is 0.419 e. The molecule has 0 amide bonds. The second kappa shape index (κ2) is 4.58. The molecule has 0 aliphatic carbocycles. The van der Waals surface area contributed by atoms with E-state index in [2.05, 4.69) is 9.97 Å².